The number of benzene rings is 1. The molecule has 10 heteroatoms. The van der Waals surface area contributed by atoms with Crippen molar-refractivity contribution < 1.29 is 13.2 Å². The smallest absolute Gasteiger partial charge is 0.271 e. The van der Waals surface area contributed by atoms with Crippen molar-refractivity contribution in [1.82, 2.24) is 15.2 Å². The molecule has 0 bridgehead atoms. The van der Waals surface area contributed by atoms with Crippen molar-refractivity contribution in [2.75, 3.05) is 5.32 Å². The molecule has 3 rings (SSSR count). The molecule has 0 aliphatic carbocycles. The van der Waals surface area contributed by atoms with E-state index >= 15 is 0 Å². The Morgan fingerprint density at radius 3 is 2.52 bits per heavy atom. The maximum Gasteiger partial charge on any atom is 0.271 e. The molecule has 3 N–H and O–H groups in total. The van der Waals surface area contributed by atoms with Crippen LogP contribution in [0, 0.1) is 11.3 Å². The fraction of sp³-hybridized carbons (Fsp3) is 0.211. The summed E-state index contributed by atoms with van der Waals surface area (Å²) in [6, 6.07) is 7.89. The minimum atomic E-state index is -3.65. The maximum atomic E-state index is 12.9. The molecule has 0 aliphatic heterocycles. The van der Waals surface area contributed by atoms with E-state index in [0.29, 0.717) is 22.2 Å². The number of nitrogens with one attached hydrogen (secondary N) is 1. The van der Waals surface area contributed by atoms with E-state index in [1.165, 1.54) is 36.7 Å². The van der Waals surface area contributed by atoms with Crippen molar-refractivity contribution in [3.63, 3.8) is 0 Å². The second-order valence-corrected chi connectivity index (χ2v) is 9.98. The zero-order chi connectivity index (χ0) is 21.4. The molecule has 1 amide bonds. The van der Waals surface area contributed by atoms with Gasteiger partial charge in [0.15, 0.2) is 15.5 Å². The van der Waals surface area contributed by atoms with Gasteiger partial charge in [-0.15, -0.1) is 10.2 Å². The van der Waals surface area contributed by atoms with Crippen LogP contribution in [0.1, 0.15) is 36.8 Å². The van der Waals surface area contributed by atoms with E-state index in [0.717, 1.165) is 0 Å². The zero-order valence-corrected chi connectivity index (χ0v) is 16.8. The zero-order valence-electron chi connectivity index (χ0n) is 16.0. The van der Waals surface area contributed by atoms with E-state index in [9.17, 15) is 13.2 Å². The number of hydrogen-bond donors (Lipinski definition) is 2. The Labute approximate surface area is 167 Å². The minimum absolute atomic E-state index is 0.0767. The number of rotatable bonds is 4. The molecule has 0 saturated carbocycles. The number of nitrogens with two attached hydrogens (primary N) is 1. The largest absolute Gasteiger partial charge is 0.364 e. The Balaban J connectivity index is 2.27. The Morgan fingerprint density at radius 1 is 1.17 bits per heavy atom. The summed E-state index contributed by atoms with van der Waals surface area (Å²) in [5.74, 6) is -0.838. The number of nitriles is 1. The van der Waals surface area contributed by atoms with Gasteiger partial charge in [-0.25, -0.2) is 8.42 Å². The summed E-state index contributed by atoms with van der Waals surface area (Å²) in [4.78, 5) is 16.0. The highest BCUT2D eigenvalue weighted by atomic mass is 32.2. The maximum absolute atomic E-state index is 12.9. The first-order valence-electron chi connectivity index (χ1n) is 8.51. The third-order valence-electron chi connectivity index (χ3n) is 4.22. The normalized spacial score (nSPS) is 11.8. The number of fused-ring (bicyclic) bond motifs is 1. The van der Waals surface area contributed by atoms with Gasteiger partial charge in [0.1, 0.15) is 6.07 Å². The molecule has 29 heavy (non-hydrogen) atoms. The summed E-state index contributed by atoms with van der Waals surface area (Å²) in [7, 11) is -3.65. The summed E-state index contributed by atoms with van der Waals surface area (Å²) < 4.78 is 24.7. The van der Waals surface area contributed by atoms with Gasteiger partial charge in [-0.3, -0.25) is 9.78 Å². The molecule has 2 heterocycles. The molecule has 3 aromatic rings. The van der Waals surface area contributed by atoms with E-state index in [2.05, 4.69) is 20.5 Å². The highest BCUT2D eigenvalue weighted by molar-refractivity contribution is 7.92. The van der Waals surface area contributed by atoms with E-state index < -0.39 is 20.5 Å². The molecule has 0 aliphatic rings. The fourth-order valence-corrected chi connectivity index (χ4v) is 3.84. The molecule has 9 nitrogen and oxygen atoms in total. The molecule has 0 unspecified atom stereocenters. The monoisotopic (exact) mass is 410 g/mol. The van der Waals surface area contributed by atoms with Crippen LogP contribution in [0.15, 0.2) is 41.6 Å². The van der Waals surface area contributed by atoms with Crippen LogP contribution in [0.25, 0.3) is 10.9 Å². The fourth-order valence-electron chi connectivity index (χ4n) is 2.62. The van der Waals surface area contributed by atoms with E-state index in [1.54, 1.807) is 20.8 Å². The van der Waals surface area contributed by atoms with Gasteiger partial charge in [-0.05, 0) is 45.0 Å². The Morgan fingerprint density at radius 2 is 1.90 bits per heavy atom. The number of pyridine rings is 1. The third-order valence-corrected chi connectivity index (χ3v) is 6.71. The van der Waals surface area contributed by atoms with Gasteiger partial charge in [0, 0.05) is 11.6 Å². The molecule has 0 saturated heterocycles. The Bertz CT molecular complexity index is 1270. The van der Waals surface area contributed by atoms with E-state index in [4.69, 9.17) is 11.0 Å². The lowest BCUT2D eigenvalue weighted by atomic mass is 10.1. The number of nitrogens with zero attached hydrogens (tertiary/aromatic N) is 4. The average molecular weight is 410 g/mol. The van der Waals surface area contributed by atoms with Crippen LogP contribution in [-0.4, -0.2) is 34.3 Å². The lowest BCUT2D eigenvalue weighted by molar-refractivity contribution is 0.0995. The summed E-state index contributed by atoms with van der Waals surface area (Å²) in [6.07, 6.45) is 2.84. The number of amides is 1. The molecule has 0 atom stereocenters. The van der Waals surface area contributed by atoms with Gasteiger partial charge >= 0.3 is 0 Å². The van der Waals surface area contributed by atoms with Gasteiger partial charge in [-0.1, -0.05) is 0 Å². The predicted molar refractivity (Wildman–Crippen MR) is 107 cm³/mol. The first kappa shape index (κ1) is 20.2. The van der Waals surface area contributed by atoms with Crippen molar-refractivity contribution in [1.29, 1.82) is 5.26 Å². The average Bonchev–Trinajstić information content (AvgIpc) is 2.66. The summed E-state index contributed by atoms with van der Waals surface area (Å²) in [5, 5.41) is 20.2. The summed E-state index contributed by atoms with van der Waals surface area (Å²) in [5.41, 5.74) is 6.55. The SMILES string of the molecule is CC(C)(C)S(=O)(=O)c1ccc2nnc(C(N)=O)c(Nc3cncc(C#N)c3)c2c1. The molecular formula is C19H18N6O3S. The molecule has 148 valence electrons. The van der Waals surface area contributed by atoms with Crippen molar-refractivity contribution in [2.45, 2.75) is 30.4 Å². The molecule has 2 aromatic heterocycles. The minimum Gasteiger partial charge on any atom is -0.364 e. The second-order valence-electron chi connectivity index (χ2n) is 7.28. The standard InChI is InChI=1S/C19H18N6O3S/c1-19(2,3)29(27,28)13-4-5-15-14(7-13)16(17(18(21)26)25-24-15)23-12-6-11(8-20)9-22-10-12/h4-7,9-10H,1-3H3,(H2,21,26)(H,23,24). The van der Waals surface area contributed by atoms with Gasteiger partial charge in [-0.2, -0.15) is 5.26 Å². The quantitative estimate of drug-likeness (QED) is 0.664. The predicted octanol–water partition coefficient (Wildman–Crippen LogP) is 2.31. The van der Waals surface area contributed by atoms with Gasteiger partial charge in [0.05, 0.1) is 38.3 Å². The van der Waals surface area contributed by atoms with Crippen molar-refractivity contribution in [3.8, 4) is 6.07 Å². The number of carbonyl (C=O) groups is 1. The molecular weight excluding hydrogens is 392 g/mol. The second kappa shape index (κ2) is 7.10. The van der Waals surface area contributed by atoms with Crippen LogP contribution >= 0.6 is 0 Å². The lowest BCUT2D eigenvalue weighted by Gasteiger charge is -2.20. The summed E-state index contributed by atoms with van der Waals surface area (Å²) in [6.45, 7) is 4.80. The highest BCUT2D eigenvalue weighted by Crippen LogP contribution is 2.32. The Hall–Kier alpha value is -3.58. The first-order chi connectivity index (χ1) is 13.5. The molecule has 0 fully saturated rings. The van der Waals surface area contributed by atoms with Crippen molar-refractivity contribution >= 4 is 38.0 Å². The topological polar surface area (TPSA) is 152 Å². The first-order valence-corrected chi connectivity index (χ1v) is 10.00. The van der Waals surface area contributed by atoms with Gasteiger partial charge < -0.3 is 11.1 Å². The lowest BCUT2D eigenvalue weighted by Crippen LogP contribution is -2.27. The van der Waals surface area contributed by atoms with Crippen LogP contribution in [-0.2, 0) is 9.84 Å². The molecule has 1 aromatic carbocycles. The van der Waals surface area contributed by atoms with E-state index in [-0.39, 0.29) is 16.3 Å². The van der Waals surface area contributed by atoms with Crippen LogP contribution in [0.2, 0.25) is 0 Å². The van der Waals surface area contributed by atoms with Crippen LogP contribution < -0.4 is 11.1 Å². The number of anilines is 2. The summed E-state index contributed by atoms with van der Waals surface area (Å²) >= 11 is 0. The van der Waals surface area contributed by atoms with Crippen molar-refractivity contribution in [2.24, 2.45) is 5.73 Å². The third kappa shape index (κ3) is 3.72. The van der Waals surface area contributed by atoms with Crippen molar-refractivity contribution in [3.05, 3.63) is 47.9 Å². The molecule has 0 spiro atoms. The van der Waals surface area contributed by atoms with E-state index in [1.807, 2.05) is 6.07 Å². The number of primary amides is 1. The number of carbonyl (C=O) groups excluding carboxylic acids is 1. The number of aromatic nitrogens is 3. The molecule has 0 radical (unpaired) electrons. The van der Waals surface area contributed by atoms with Crippen LogP contribution in [0.3, 0.4) is 0 Å². The van der Waals surface area contributed by atoms with Gasteiger partial charge in [0.2, 0.25) is 0 Å². The van der Waals surface area contributed by atoms with Gasteiger partial charge in [0.25, 0.3) is 5.91 Å². The van der Waals surface area contributed by atoms with Crippen LogP contribution in [0.5, 0.6) is 0 Å². The van der Waals surface area contributed by atoms with Crippen LogP contribution in [0.4, 0.5) is 11.4 Å². The number of sulfone groups is 1. The highest BCUT2D eigenvalue weighted by Gasteiger charge is 2.31. The number of hydrogen-bond acceptors (Lipinski definition) is 8. The Kier molecular flexibility index (Phi) is 4.94.